The van der Waals surface area contributed by atoms with Gasteiger partial charge in [-0.15, -0.1) is 15.3 Å². The normalized spacial score (nSPS) is 13.8. The zero-order chi connectivity index (χ0) is 23.6. The maximum absolute atomic E-state index is 12.4. The molecule has 0 saturated carbocycles. The van der Waals surface area contributed by atoms with Gasteiger partial charge in [-0.25, -0.2) is 9.59 Å². The fourth-order valence-corrected chi connectivity index (χ4v) is 4.90. The predicted octanol–water partition coefficient (Wildman–Crippen LogP) is 2.78. The average Bonchev–Trinajstić information content (AvgIpc) is 3.23. The molecule has 11 nitrogen and oxygen atoms in total. The Bertz CT molecular complexity index is 1220. The van der Waals surface area contributed by atoms with Gasteiger partial charge in [0.1, 0.15) is 5.60 Å². The third kappa shape index (κ3) is 5.57. The number of rotatable bonds is 7. The van der Waals surface area contributed by atoms with Gasteiger partial charge in [0.05, 0.1) is 6.04 Å². The summed E-state index contributed by atoms with van der Waals surface area (Å²) in [5.41, 5.74) is -0.566. The zero-order valence-corrected chi connectivity index (χ0v) is 20.4. The van der Waals surface area contributed by atoms with E-state index < -0.39 is 29.0 Å². The Morgan fingerprint density at radius 2 is 2.00 bits per heavy atom. The third-order valence-corrected chi connectivity index (χ3v) is 6.81. The van der Waals surface area contributed by atoms with Crippen molar-refractivity contribution in [3.63, 3.8) is 0 Å². The van der Waals surface area contributed by atoms with Gasteiger partial charge in [0.15, 0.2) is 10.2 Å². The number of hydrogen-bond acceptors (Lipinski definition) is 9. The average molecular weight is 482 g/mol. The molecule has 0 aliphatic carbocycles. The molecule has 0 fully saturated rings. The van der Waals surface area contributed by atoms with Crippen molar-refractivity contribution in [3.05, 3.63) is 37.9 Å². The van der Waals surface area contributed by atoms with Crippen molar-refractivity contribution >= 4 is 34.2 Å². The maximum atomic E-state index is 12.4. The Kier molecular flexibility index (Phi) is 7.08. The molecule has 3 heterocycles. The van der Waals surface area contributed by atoms with E-state index in [1.165, 1.54) is 23.1 Å². The molecule has 174 valence electrons. The quantitative estimate of drug-likeness (QED) is 0.436. The molecule has 1 amide bonds. The van der Waals surface area contributed by atoms with Crippen molar-refractivity contribution in [3.8, 4) is 0 Å². The smallest absolute Gasteiger partial charge is 0.408 e. The number of nitrogens with one attached hydrogen (secondary N) is 3. The topological polar surface area (TPSA) is 147 Å². The lowest BCUT2D eigenvalue weighted by Crippen LogP contribution is -2.38. The van der Waals surface area contributed by atoms with Gasteiger partial charge in [0, 0.05) is 17.0 Å². The fourth-order valence-electron chi connectivity index (χ4n) is 2.93. The second-order valence-electron chi connectivity index (χ2n) is 8.43. The number of alkyl carbamates (subject to hydrolysis) is 1. The highest BCUT2D eigenvalue weighted by Gasteiger charge is 2.29. The van der Waals surface area contributed by atoms with Gasteiger partial charge in [-0.05, 0) is 33.6 Å². The highest BCUT2D eigenvalue weighted by molar-refractivity contribution is 8.00. The van der Waals surface area contributed by atoms with Crippen LogP contribution < -0.4 is 16.6 Å². The first-order valence-corrected chi connectivity index (χ1v) is 11.9. The van der Waals surface area contributed by atoms with E-state index in [9.17, 15) is 14.4 Å². The Morgan fingerprint density at radius 3 is 2.62 bits per heavy atom. The first-order valence-electron chi connectivity index (χ1n) is 10.1. The SMILES string of the molecule is CCC(C)C(NC(=O)OC(C)(C)C)c1nnc2sc(SCc3c(C)[nH]c(=O)[nH]c3=O)nn12. The summed E-state index contributed by atoms with van der Waals surface area (Å²) in [6.07, 6.45) is 0.271. The van der Waals surface area contributed by atoms with E-state index in [4.69, 9.17) is 4.74 Å². The lowest BCUT2D eigenvalue weighted by atomic mass is 9.99. The number of fused-ring (bicyclic) bond motifs is 1. The second-order valence-corrected chi connectivity index (χ2v) is 10.6. The summed E-state index contributed by atoms with van der Waals surface area (Å²) < 4.78 is 7.71. The van der Waals surface area contributed by atoms with Crippen molar-refractivity contribution in [2.75, 3.05) is 0 Å². The minimum atomic E-state index is -0.619. The molecule has 0 saturated heterocycles. The molecule has 0 radical (unpaired) electrons. The summed E-state index contributed by atoms with van der Waals surface area (Å²) in [5.74, 6) is 0.916. The number of H-pyrrole nitrogens is 2. The molecule has 0 spiro atoms. The molecule has 0 aromatic carbocycles. The summed E-state index contributed by atoms with van der Waals surface area (Å²) in [4.78, 5) is 41.3. The van der Waals surface area contributed by atoms with Crippen molar-refractivity contribution in [2.45, 2.75) is 69.7 Å². The molecule has 2 atom stereocenters. The van der Waals surface area contributed by atoms with Crippen LogP contribution in [-0.2, 0) is 10.5 Å². The van der Waals surface area contributed by atoms with Gasteiger partial charge in [-0.1, -0.05) is 43.4 Å². The minimum Gasteiger partial charge on any atom is -0.444 e. The van der Waals surface area contributed by atoms with Gasteiger partial charge in [-0.2, -0.15) is 4.52 Å². The van der Waals surface area contributed by atoms with E-state index in [2.05, 4.69) is 30.6 Å². The summed E-state index contributed by atoms with van der Waals surface area (Å²) in [6, 6.07) is -0.436. The largest absolute Gasteiger partial charge is 0.444 e. The summed E-state index contributed by atoms with van der Waals surface area (Å²) >= 11 is 2.69. The number of thioether (sulfide) groups is 1. The van der Waals surface area contributed by atoms with Gasteiger partial charge in [-0.3, -0.25) is 9.78 Å². The molecule has 0 aliphatic heterocycles. The molecule has 3 aromatic rings. The minimum absolute atomic E-state index is 0.0649. The molecular formula is C19H27N7O4S2. The lowest BCUT2D eigenvalue weighted by molar-refractivity contribution is 0.0482. The molecule has 13 heteroatoms. The highest BCUT2D eigenvalue weighted by atomic mass is 32.2. The Morgan fingerprint density at radius 1 is 1.28 bits per heavy atom. The third-order valence-electron chi connectivity index (χ3n) is 4.75. The Labute approximate surface area is 192 Å². The van der Waals surface area contributed by atoms with E-state index in [0.717, 1.165) is 6.42 Å². The molecule has 3 aromatic heterocycles. The summed E-state index contributed by atoms with van der Waals surface area (Å²) in [6.45, 7) is 11.1. The summed E-state index contributed by atoms with van der Waals surface area (Å²) in [7, 11) is 0. The van der Waals surface area contributed by atoms with Crippen LogP contribution in [0, 0.1) is 12.8 Å². The zero-order valence-electron chi connectivity index (χ0n) is 18.8. The van der Waals surface area contributed by atoms with Crippen molar-refractivity contribution in [1.82, 2.24) is 35.1 Å². The van der Waals surface area contributed by atoms with E-state index in [1.807, 2.05) is 13.8 Å². The van der Waals surface area contributed by atoms with Gasteiger partial charge in [0.25, 0.3) is 5.56 Å². The number of carbonyl (C=O) groups is 1. The number of hydrogen-bond donors (Lipinski definition) is 3. The number of ether oxygens (including phenoxy) is 1. The van der Waals surface area contributed by atoms with Gasteiger partial charge >= 0.3 is 11.8 Å². The molecule has 32 heavy (non-hydrogen) atoms. The summed E-state index contributed by atoms with van der Waals surface area (Å²) in [5, 5.41) is 15.9. The van der Waals surface area contributed by atoms with Crippen LogP contribution in [0.2, 0.25) is 0 Å². The molecule has 3 N–H and O–H groups in total. The van der Waals surface area contributed by atoms with Crippen LogP contribution in [0.4, 0.5) is 4.79 Å². The number of carbonyl (C=O) groups excluding carboxylic acids is 1. The first kappa shape index (κ1) is 24.0. The van der Waals surface area contributed by atoms with E-state index in [0.29, 0.717) is 32.1 Å². The molecule has 3 rings (SSSR count). The monoisotopic (exact) mass is 481 g/mol. The number of aryl methyl sites for hydroxylation is 1. The van der Waals surface area contributed by atoms with E-state index in [1.54, 1.807) is 32.2 Å². The Hall–Kier alpha value is -2.67. The van der Waals surface area contributed by atoms with Crippen LogP contribution >= 0.6 is 23.1 Å². The van der Waals surface area contributed by atoms with Crippen LogP contribution in [0.25, 0.3) is 4.96 Å². The van der Waals surface area contributed by atoms with Crippen molar-refractivity contribution < 1.29 is 9.53 Å². The van der Waals surface area contributed by atoms with Crippen LogP contribution in [-0.4, -0.2) is 41.5 Å². The number of aromatic nitrogens is 6. The van der Waals surface area contributed by atoms with Gasteiger partial charge in [0.2, 0.25) is 4.96 Å². The van der Waals surface area contributed by atoms with E-state index >= 15 is 0 Å². The van der Waals surface area contributed by atoms with Crippen LogP contribution in [0.15, 0.2) is 13.9 Å². The molecule has 0 bridgehead atoms. The Balaban J connectivity index is 1.84. The number of nitrogens with zero attached hydrogens (tertiary/aromatic N) is 4. The highest BCUT2D eigenvalue weighted by Crippen LogP contribution is 2.30. The fraction of sp³-hybridized carbons (Fsp3) is 0.579. The predicted molar refractivity (Wildman–Crippen MR) is 122 cm³/mol. The maximum Gasteiger partial charge on any atom is 0.408 e. The standard InChI is InChI=1S/C19H27N7O4S2/c1-7-9(2)12(21-17(29)30-19(4,5)6)13-23-24-16-26(13)25-18(32-16)31-8-11-10(3)20-15(28)22-14(11)27/h9,12H,7-8H2,1-6H3,(H,21,29)(H2,20,22,27,28). The van der Waals surface area contributed by atoms with Gasteiger partial charge < -0.3 is 15.0 Å². The number of aromatic amines is 2. The molecule has 2 unspecified atom stereocenters. The van der Waals surface area contributed by atoms with E-state index in [-0.39, 0.29) is 5.92 Å². The van der Waals surface area contributed by atoms with Crippen molar-refractivity contribution in [1.29, 1.82) is 0 Å². The lowest BCUT2D eigenvalue weighted by Gasteiger charge is -2.25. The second kappa shape index (κ2) is 9.45. The van der Waals surface area contributed by atoms with Crippen LogP contribution in [0.3, 0.4) is 0 Å². The van der Waals surface area contributed by atoms with Crippen LogP contribution in [0.5, 0.6) is 0 Å². The first-order chi connectivity index (χ1) is 15.0. The number of amides is 1. The molecule has 0 aliphatic rings. The van der Waals surface area contributed by atoms with Crippen LogP contribution in [0.1, 0.15) is 64.2 Å². The molecular weight excluding hydrogens is 454 g/mol. The van der Waals surface area contributed by atoms with Crippen molar-refractivity contribution in [2.24, 2.45) is 5.92 Å².